The molecule has 20 aromatic rings. The summed E-state index contributed by atoms with van der Waals surface area (Å²) >= 11 is 9.14. The molecule has 2 amide bonds. The van der Waals surface area contributed by atoms with E-state index in [-0.39, 0.29) is 16.7 Å². The van der Waals surface area contributed by atoms with Crippen LogP contribution < -0.4 is 58.3 Å². The van der Waals surface area contributed by atoms with Crippen LogP contribution in [0.5, 0.6) is 0 Å². The number of nitrogens with zero attached hydrogens (tertiary/aromatic N) is 15. The number of rotatable bonds is 23. The lowest BCUT2D eigenvalue weighted by Crippen LogP contribution is -2.42. The Morgan fingerprint density at radius 2 is 0.586 bits per heavy atom. The smallest absolute Gasteiger partial charge is 0.238 e. The van der Waals surface area contributed by atoms with Gasteiger partial charge in [0.1, 0.15) is 0 Å². The molecule has 3 aliphatic heterocycles. The van der Waals surface area contributed by atoms with Gasteiger partial charge in [-0.2, -0.15) is 0 Å². The molecule has 0 saturated carbocycles. The fourth-order valence-corrected chi connectivity index (χ4v) is 24.4. The van der Waals surface area contributed by atoms with E-state index in [1.54, 1.807) is 41.0 Å². The maximum absolute atomic E-state index is 11.6. The molecule has 36 heteroatoms. The van der Waals surface area contributed by atoms with Gasteiger partial charge in [-0.25, -0.2) is 63.4 Å². The number of aromatic nitrogens is 10. The Labute approximate surface area is 860 Å². The Morgan fingerprint density at radius 3 is 0.862 bits per heavy atom. The zero-order valence-corrected chi connectivity index (χ0v) is 87.2. The minimum Gasteiger partial charge on any atom is -0.326 e. The molecular formula is C109H114N26O4S6. The van der Waals surface area contributed by atoms with Gasteiger partial charge in [0.05, 0.1) is 32.5 Å². The fraction of sp³-hybridized carbons (Fsp3) is 0.248. The number of carbonyl (C=O) groups excluding carboxylic acids is 2. The molecule has 0 spiro atoms. The van der Waals surface area contributed by atoms with Crippen molar-refractivity contribution in [1.29, 1.82) is 0 Å². The zero-order chi connectivity index (χ0) is 100. The number of carbonyl (C=O) groups is 2. The van der Waals surface area contributed by atoms with Crippen LogP contribution in [0.4, 0.5) is 69.6 Å². The van der Waals surface area contributed by atoms with Gasteiger partial charge in [-0.1, -0.05) is 30.3 Å². The Kier molecular flexibility index (Phi) is 31.2. The van der Waals surface area contributed by atoms with Crippen molar-refractivity contribution >= 4 is 253 Å². The fourth-order valence-electron chi connectivity index (χ4n) is 18.1. The molecule has 3 saturated heterocycles. The molecule has 0 aliphatic carbocycles. The number of benzene rings is 10. The van der Waals surface area contributed by atoms with Crippen LogP contribution in [0.3, 0.4) is 0 Å². The van der Waals surface area contributed by atoms with Gasteiger partial charge in [0.2, 0.25) is 51.6 Å². The number of nitrogens with one attached hydrogen (secondary N) is 10. The number of hydrogen-bond acceptors (Lipinski definition) is 32. The lowest BCUT2D eigenvalue weighted by molar-refractivity contribution is -0.115. The summed E-state index contributed by atoms with van der Waals surface area (Å²) in [6.45, 7) is 29.0. The summed E-state index contributed by atoms with van der Waals surface area (Å²) in [5, 5.41) is 48.4. The highest BCUT2D eigenvalue weighted by Gasteiger charge is 2.22. The number of sulfonamides is 1. The SMILES string of the molecule is CC(=O)Nc1cccc(Nc2ncc3ccc4sc(CN(C)C)cc4c3n2)c1.CC(=O)Nc1cccc(Nc2ncc3ccc4sc(CN5CCNCC5)cc4c3n2)c1.Cc1cc(C)cc(Nc2ncc3ccc4sc(CN(C)C)cc4c3n2)c1.Cc1cc(C)cc(Nc2ncc3ccc4sc(CN5CCNCC5)cc4c3n2)c1.NS(=O)(=O)c1cccc(Nc2ncc3ccc4sc(CN5CCNCC5)cc4c3n2)c1. The highest BCUT2D eigenvalue weighted by atomic mass is 32.2. The highest BCUT2D eigenvalue weighted by Crippen LogP contribution is 2.40. The van der Waals surface area contributed by atoms with E-state index in [0.717, 1.165) is 211 Å². The first-order valence-electron chi connectivity index (χ1n) is 48.1. The third-order valence-corrected chi connectivity index (χ3v) is 30.8. The molecule has 0 radical (unpaired) electrons. The van der Waals surface area contributed by atoms with Gasteiger partial charge in [-0.3, -0.25) is 24.3 Å². The van der Waals surface area contributed by atoms with Crippen LogP contribution in [-0.2, 0) is 52.3 Å². The number of anilines is 12. The van der Waals surface area contributed by atoms with Crippen molar-refractivity contribution in [2.75, 3.05) is 144 Å². The number of hydrogen-bond donors (Lipinski definition) is 11. The van der Waals surface area contributed by atoms with Crippen molar-refractivity contribution in [3.63, 3.8) is 0 Å². The molecule has 740 valence electrons. The topological polar surface area (TPSA) is 360 Å². The normalized spacial score (nSPS) is 13.8. The van der Waals surface area contributed by atoms with Crippen molar-refractivity contribution in [3.8, 4) is 0 Å². The highest BCUT2D eigenvalue weighted by molar-refractivity contribution is 7.89. The third-order valence-electron chi connectivity index (χ3n) is 24.5. The second kappa shape index (κ2) is 45.3. The number of thiophene rings is 5. The molecule has 23 rings (SSSR count). The van der Waals surface area contributed by atoms with E-state index in [2.05, 4.69) is 280 Å². The van der Waals surface area contributed by atoms with Crippen LogP contribution in [-0.4, -0.2) is 201 Å². The Balaban J connectivity index is 0.000000115. The number of aryl methyl sites for hydroxylation is 4. The summed E-state index contributed by atoms with van der Waals surface area (Å²) < 4.78 is 29.5. The van der Waals surface area contributed by atoms with Gasteiger partial charge in [0.15, 0.2) is 0 Å². The summed E-state index contributed by atoms with van der Waals surface area (Å²) in [4.78, 5) is 87.5. The molecule has 0 atom stereocenters. The van der Waals surface area contributed by atoms with Crippen molar-refractivity contribution in [2.45, 2.75) is 79.2 Å². The van der Waals surface area contributed by atoms with E-state index in [1.807, 2.05) is 113 Å². The molecule has 10 aromatic heterocycles. The van der Waals surface area contributed by atoms with Gasteiger partial charge in [-0.15, -0.1) is 56.7 Å². The van der Waals surface area contributed by atoms with Gasteiger partial charge in [0.25, 0.3) is 0 Å². The maximum atomic E-state index is 11.6. The molecule has 0 unspecified atom stereocenters. The van der Waals surface area contributed by atoms with Gasteiger partial charge in [0, 0.05) is 298 Å². The Hall–Kier alpha value is -13.8. The van der Waals surface area contributed by atoms with Crippen LogP contribution in [0.15, 0.2) is 236 Å². The van der Waals surface area contributed by atoms with Gasteiger partial charge < -0.3 is 63.0 Å². The molecule has 145 heavy (non-hydrogen) atoms. The quantitative estimate of drug-likeness (QED) is 0.0283. The lowest BCUT2D eigenvalue weighted by Gasteiger charge is -2.26. The Morgan fingerprint density at radius 1 is 0.331 bits per heavy atom. The molecular weight excluding hydrogens is 1930 g/mol. The summed E-state index contributed by atoms with van der Waals surface area (Å²) in [7, 11) is 4.55. The molecule has 3 fully saturated rings. The van der Waals surface area contributed by atoms with E-state index >= 15 is 0 Å². The molecule has 3 aliphatic rings. The van der Waals surface area contributed by atoms with E-state index < -0.39 is 10.0 Å². The molecule has 10 aromatic carbocycles. The van der Waals surface area contributed by atoms with Crippen molar-refractivity contribution in [2.24, 2.45) is 5.14 Å². The second-order valence-electron chi connectivity index (χ2n) is 37.1. The van der Waals surface area contributed by atoms with Crippen LogP contribution in [0, 0.1) is 27.7 Å². The summed E-state index contributed by atoms with van der Waals surface area (Å²) in [5.74, 6) is 2.54. The van der Waals surface area contributed by atoms with Crippen LogP contribution in [0.25, 0.3) is 105 Å². The largest absolute Gasteiger partial charge is 0.326 e. The van der Waals surface area contributed by atoms with Crippen molar-refractivity contribution in [1.82, 2.24) is 90.3 Å². The van der Waals surface area contributed by atoms with Crippen LogP contribution in [0.1, 0.15) is 60.5 Å². The number of fused-ring (bicyclic) bond motifs is 15. The summed E-state index contributed by atoms with van der Waals surface area (Å²) in [5.41, 5.74) is 15.4. The number of nitrogens with two attached hydrogens (primary N) is 1. The molecule has 12 N–H and O–H groups in total. The average Bonchev–Trinajstić information content (AvgIpc) is 1.68. The minimum absolute atomic E-state index is 0.0380. The predicted molar refractivity (Wildman–Crippen MR) is 601 cm³/mol. The molecule has 0 bridgehead atoms. The number of amides is 2. The van der Waals surface area contributed by atoms with Gasteiger partial charge in [-0.05, 0) is 248 Å². The van der Waals surface area contributed by atoms with E-state index in [4.69, 9.17) is 30.1 Å². The zero-order valence-electron chi connectivity index (χ0n) is 82.3. The first-order chi connectivity index (χ1) is 70.2. The van der Waals surface area contributed by atoms with E-state index in [0.29, 0.717) is 35.4 Å². The van der Waals surface area contributed by atoms with Crippen LogP contribution in [0.2, 0.25) is 0 Å². The van der Waals surface area contributed by atoms with Gasteiger partial charge >= 0.3 is 0 Å². The second-order valence-corrected chi connectivity index (χ2v) is 44.5. The van der Waals surface area contributed by atoms with E-state index in [9.17, 15) is 18.0 Å². The van der Waals surface area contributed by atoms with Crippen molar-refractivity contribution in [3.05, 3.63) is 278 Å². The summed E-state index contributed by atoms with van der Waals surface area (Å²) in [6.07, 6.45) is 9.29. The maximum Gasteiger partial charge on any atom is 0.238 e. The minimum atomic E-state index is -3.78. The summed E-state index contributed by atoms with van der Waals surface area (Å²) in [6, 6.07) is 66.6. The average molecular weight is 2040 g/mol. The standard InChI is InChI=1S/C23H24N6OS.C23H25N5S.C21H22N6O2S2.C21H21N5OS.C21H22N4S/c1-15(30)26-17-3-2-4-18(11-17)27-23-25-13-16-5-6-21-20(22(16)28-23)12-19(31-21)14-29-9-7-24-8-10-29;1-15-9-16(2)11-18(10-15)26-23-25-13-17-3-4-21-20(22(17)27-23)12-19(29-21)14-28-7-5-24-6-8-28;22-31(28,29)17-3-1-2-15(10-17)25-21-24-12-14-4-5-19-18(20(14)26-21)11-16(30-19)13-27-8-6-23-7-9-27;1-13(27)23-15-5-4-6-16(9-15)24-21-22-11-14-7-8-19-18(20(14)25-21)10-17(28-19)12-26(2)3;1-13-7-14(2)9-16(8-13)23-21-22-11-15-5-6-19-18(20(15)24-21)10-17(26-19)12-25(3)4/h2-6,11-13,24H,7-10,14H2,1H3,(H,26,30)(H,25,27,28);3-4,9-13,24H,5-8,14H2,1-2H3,(H,25,26,27);1-5,10-12,23H,6-9,13H2,(H2,22,28,29)(H,24,25,26);4-11H,12H2,1-3H3,(H,23,27)(H,22,24,25);5-11H,12H2,1-4H3,(H,22,23,24). The molecule has 30 nitrogen and oxygen atoms in total. The predicted octanol–water partition coefficient (Wildman–Crippen LogP) is 21.1. The lowest BCUT2D eigenvalue weighted by atomic mass is 10.1. The van der Waals surface area contributed by atoms with Crippen LogP contribution >= 0.6 is 56.7 Å². The third kappa shape index (κ3) is 25.8. The monoisotopic (exact) mass is 2040 g/mol. The number of piperazine rings is 3. The first-order valence-corrected chi connectivity index (χ1v) is 53.7. The van der Waals surface area contributed by atoms with Crippen molar-refractivity contribution < 1.29 is 18.0 Å². The Bertz CT molecular complexity index is 8230. The first kappa shape index (κ1) is 99.9. The number of primary sulfonamides is 1. The molecule has 13 heterocycles. The van der Waals surface area contributed by atoms with E-state index in [1.165, 1.54) is 112 Å².